The maximum atomic E-state index is 12.9. The fourth-order valence-corrected chi connectivity index (χ4v) is 3.20. The molecule has 6 nitrogen and oxygen atoms in total. The number of benzene rings is 2. The van der Waals surface area contributed by atoms with Gasteiger partial charge in [0.1, 0.15) is 5.75 Å². The number of para-hydroxylation sites is 1. The van der Waals surface area contributed by atoms with E-state index in [9.17, 15) is 9.59 Å². The van der Waals surface area contributed by atoms with Crippen molar-refractivity contribution in [2.24, 2.45) is 0 Å². The zero-order chi connectivity index (χ0) is 20.3. The summed E-state index contributed by atoms with van der Waals surface area (Å²) in [6.45, 7) is 1.84. The Hall–Kier alpha value is -2.83. The van der Waals surface area contributed by atoms with Crippen molar-refractivity contribution >= 4 is 39.9 Å². The molecule has 0 saturated heterocycles. The van der Waals surface area contributed by atoms with Gasteiger partial charge in [0.15, 0.2) is 5.78 Å². The molecule has 1 unspecified atom stereocenters. The molecule has 1 aromatic heterocycles. The van der Waals surface area contributed by atoms with Crippen molar-refractivity contribution in [2.75, 3.05) is 26.0 Å². The van der Waals surface area contributed by atoms with Crippen molar-refractivity contribution < 1.29 is 14.3 Å². The Labute approximate surface area is 168 Å². The molecular weight excluding hydrogens is 378 g/mol. The minimum absolute atomic E-state index is 0.0466. The Balaban J connectivity index is 1.68. The number of aromatic nitrogens is 1. The Morgan fingerprint density at radius 3 is 2.75 bits per heavy atom. The second kappa shape index (κ2) is 8.46. The molecule has 0 spiro atoms. The summed E-state index contributed by atoms with van der Waals surface area (Å²) in [6.07, 6.45) is 1.72. The summed E-state index contributed by atoms with van der Waals surface area (Å²) in [5.74, 6) is 0.207. The van der Waals surface area contributed by atoms with Crippen molar-refractivity contribution in [1.29, 1.82) is 0 Å². The molecule has 3 aromatic rings. The minimum Gasteiger partial charge on any atom is -0.495 e. The zero-order valence-corrected chi connectivity index (χ0v) is 16.7. The van der Waals surface area contributed by atoms with Gasteiger partial charge in [-0.05, 0) is 38.2 Å². The fraction of sp³-hybridized carbons (Fsp3) is 0.238. The number of ether oxygens (including phenoxy) is 1. The highest BCUT2D eigenvalue weighted by Gasteiger charge is 2.24. The van der Waals surface area contributed by atoms with Crippen LogP contribution in [0.1, 0.15) is 17.3 Å². The van der Waals surface area contributed by atoms with Gasteiger partial charge in [0.25, 0.3) is 0 Å². The van der Waals surface area contributed by atoms with E-state index in [4.69, 9.17) is 16.3 Å². The van der Waals surface area contributed by atoms with Gasteiger partial charge in [-0.15, -0.1) is 0 Å². The first-order chi connectivity index (χ1) is 13.4. The van der Waals surface area contributed by atoms with Gasteiger partial charge in [-0.25, -0.2) is 0 Å². The Morgan fingerprint density at radius 1 is 1.25 bits per heavy atom. The predicted octanol–water partition coefficient (Wildman–Crippen LogP) is 3.97. The number of anilines is 1. The highest BCUT2D eigenvalue weighted by Crippen LogP contribution is 2.27. The molecule has 28 heavy (non-hydrogen) atoms. The average molecular weight is 400 g/mol. The largest absolute Gasteiger partial charge is 0.495 e. The van der Waals surface area contributed by atoms with Gasteiger partial charge in [-0.1, -0.05) is 29.8 Å². The monoisotopic (exact) mass is 399 g/mol. The van der Waals surface area contributed by atoms with Crippen LogP contribution in [0.25, 0.3) is 10.9 Å². The van der Waals surface area contributed by atoms with Gasteiger partial charge in [0.2, 0.25) is 5.91 Å². The summed E-state index contributed by atoms with van der Waals surface area (Å²) in [6, 6.07) is 12.2. The van der Waals surface area contributed by atoms with Crippen molar-refractivity contribution in [3.05, 3.63) is 59.2 Å². The molecule has 3 rings (SSSR count). The number of rotatable bonds is 7. The zero-order valence-electron chi connectivity index (χ0n) is 16.0. The van der Waals surface area contributed by atoms with Crippen LogP contribution in [-0.2, 0) is 4.79 Å². The quantitative estimate of drug-likeness (QED) is 0.589. The Kier molecular flexibility index (Phi) is 6.02. The molecule has 2 aromatic carbocycles. The third kappa shape index (κ3) is 4.18. The topological polar surface area (TPSA) is 74.4 Å². The third-order valence-corrected chi connectivity index (χ3v) is 4.96. The van der Waals surface area contributed by atoms with Crippen LogP contribution >= 0.6 is 11.6 Å². The standard InChI is InChI=1S/C21H22ClN3O3/c1-13(21(27)16-11-23-17-7-5-4-6-15(16)17)25(2)12-20(26)24-18-10-14(22)8-9-19(18)28-3/h4-11,13,23H,12H2,1-3H3,(H,24,26). The summed E-state index contributed by atoms with van der Waals surface area (Å²) in [7, 11) is 3.26. The second-order valence-electron chi connectivity index (χ2n) is 6.60. The number of methoxy groups -OCH3 is 1. The van der Waals surface area contributed by atoms with Crippen LogP contribution < -0.4 is 10.1 Å². The molecule has 0 radical (unpaired) electrons. The molecular formula is C21H22ClN3O3. The van der Waals surface area contributed by atoms with Gasteiger partial charge < -0.3 is 15.0 Å². The molecule has 146 valence electrons. The van der Waals surface area contributed by atoms with Crippen LogP contribution in [0.4, 0.5) is 5.69 Å². The number of carbonyl (C=O) groups excluding carboxylic acids is 2. The van der Waals surface area contributed by atoms with E-state index in [-0.39, 0.29) is 18.2 Å². The molecule has 2 N–H and O–H groups in total. The molecule has 1 amide bonds. The Morgan fingerprint density at radius 2 is 2.00 bits per heavy atom. The van der Waals surface area contributed by atoms with E-state index < -0.39 is 6.04 Å². The Bertz CT molecular complexity index is 1020. The second-order valence-corrected chi connectivity index (χ2v) is 7.03. The van der Waals surface area contributed by atoms with E-state index in [2.05, 4.69) is 10.3 Å². The molecule has 0 bridgehead atoms. The molecule has 0 saturated carbocycles. The van der Waals surface area contributed by atoms with Crippen molar-refractivity contribution in [1.82, 2.24) is 9.88 Å². The van der Waals surface area contributed by atoms with Gasteiger partial charge in [-0.3, -0.25) is 14.5 Å². The highest BCUT2D eigenvalue weighted by atomic mass is 35.5. The SMILES string of the molecule is COc1ccc(Cl)cc1NC(=O)CN(C)C(C)C(=O)c1c[nH]c2ccccc12. The van der Waals surface area contributed by atoms with E-state index in [1.807, 2.05) is 24.3 Å². The van der Waals surface area contributed by atoms with Crippen LogP contribution in [0.5, 0.6) is 5.75 Å². The lowest BCUT2D eigenvalue weighted by Gasteiger charge is -2.23. The number of nitrogens with one attached hydrogen (secondary N) is 2. The fourth-order valence-electron chi connectivity index (χ4n) is 3.03. The van der Waals surface area contributed by atoms with E-state index >= 15 is 0 Å². The number of nitrogens with zero attached hydrogens (tertiary/aromatic N) is 1. The van der Waals surface area contributed by atoms with Gasteiger partial charge in [0.05, 0.1) is 25.4 Å². The normalized spacial score (nSPS) is 12.2. The molecule has 7 heteroatoms. The number of fused-ring (bicyclic) bond motifs is 1. The van der Waals surface area contributed by atoms with Crippen molar-refractivity contribution in [3.63, 3.8) is 0 Å². The molecule has 0 aliphatic heterocycles. The lowest BCUT2D eigenvalue weighted by molar-refractivity contribution is -0.117. The number of hydrogen-bond acceptors (Lipinski definition) is 4. The predicted molar refractivity (Wildman–Crippen MR) is 111 cm³/mol. The summed E-state index contributed by atoms with van der Waals surface area (Å²) in [4.78, 5) is 30.2. The molecule has 1 atom stereocenters. The first kappa shape index (κ1) is 19.9. The number of aromatic amines is 1. The lowest BCUT2D eigenvalue weighted by atomic mass is 10.0. The maximum Gasteiger partial charge on any atom is 0.238 e. The van der Waals surface area contributed by atoms with Crippen molar-refractivity contribution in [3.8, 4) is 5.75 Å². The van der Waals surface area contributed by atoms with Crippen molar-refractivity contribution in [2.45, 2.75) is 13.0 Å². The van der Waals surface area contributed by atoms with Crippen LogP contribution in [-0.4, -0.2) is 48.3 Å². The summed E-state index contributed by atoms with van der Waals surface area (Å²) in [5, 5.41) is 4.15. The number of H-pyrrole nitrogens is 1. The number of likely N-dealkylation sites (N-methyl/N-ethyl adjacent to an activating group) is 1. The van der Waals surface area contributed by atoms with Crippen LogP contribution in [0.2, 0.25) is 5.02 Å². The van der Waals surface area contributed by atoms with Crippen LogP contribution in [0.15, 0.2) is 48.7 Å². The van der Waals surface area contributed by atoms with Crippen LogP contribution in [0.3, 0.4) is 0 Å². The first-order valence-corrected chi connectivity index (χ1v) is 9.22. The molecule has 0 aliphatic carbocycles. The number of Topliss-reactive ketones (excluding diaryl/α,β-unsaturated/α-hetero) is 1. The number of ketones is 1. The first-order valence-electron chi connectivity index (χ1n) is 8.84. The highest BCUT2D eigenvalue weighted by molar-refractivity contribution is 6.31. The number of hydrogen-bond donors (Lipinski definition) is 2. The van der Waals surface area contributed by atoms with Gasteiger partial charge >= 0.3 is 0 Å². The van der Waals surface area contributed by atoms with Crippen LogP contribution in [0, 0.1) is 0 Å². The number of carbonyl (C=O) groups is 2. The van der Waals surface area contributed by atoms with Gasteiger partial charge in [0, 0.05) is 27.7 Å². The molecule has 0 aliphatic rings. The molecule has 0 fully saturated rings. The maximum absolute atomic E-state index is 12.9. The van der Waals surface area contributed by atoms with Gasteiger partial charge in [-0.2, -0.15) is 0 Å². The van der Waals surface area contributed by atoms with E-state index in [1.54, 1.807) is 43.3 Å². The van der Waals surface area contributed by atoms with E-state index in [0.29, 0.717) is 22.0 Å². The third-order valence-electron chi connectivity index (χ3n) is 4.72. The summed E-state index contributed by atoms with van der Waals surface area (Å²) >= 11 is 5.99. The molecule has 1 heterocycles. The van der Waals surface area contributed by atoms with E-state index in [0.717, 1.165) is 10.9 Å². The number of amides is 1. The minimum atomic E-state index is -0.466. The van der Waals surface area contributed by atoms with E-state index in [1.165, 1.54) is 7.11 Å². The summed E-state index contributed by atoms with van der Waals surface area (Å²) < 4.78 is 5.24. The average Bonchev–Trinajstić information content (AvgIpc) is 3.11. The summed E-state index contributed by atoms with van der Waals surface area (Å²) in [5.41, 5.74) is 2.02. The lowest BCUT2D eigenvalue weighted by Crippen LogP contribution is -2.40. The smallest absolute Gasteiger partial charge is 0.238 e. The number of halogens is 1.